The van der Waals surface area contributed by atoms with Gasteiger partial charge in [0.1, 0.15) is 5.01 Å². The van der Waals surface area contributed by atoms with Crippen molar-refractivity contribution in [3.8, 4) is 0 Å². The highest BCUT2D eigenvalue weighted by molar-refractivity contribution is 7.15. The van der Waals surface area contributed by atoms with Gasteiger partial charge in [-0.15, -0.1) is 10.2 Å². The number of amides is 1. The van der Waals surface area contributed by atoms with Crippen molar-refractivity contribution in [2.75, 3.05) is 12.4 Å². The quantitative estimate of drug-likeness (QED) is 0.845. The summed E-state index contributed by atoms with van der Waals surface area (Å²) in [7, 11) is 1.80. The van der Waals surface area contributed by atoms with Crippen LogP contribution in [0.1, 0.15) is 43.2 Å². The Morgan fingerprint density at radius 1 is 1.25 bits per heavy atom. The third-order valence-corrected chi connectivity index (χ3v) is 5.98. The van der Waals surface area contributed by atoms with Crippen molar-refractivity contribution in [1.29, 1.82) is 0 Å². The first-order valence-electron chi connectivity index (χ1n) is 8.49. The maximum Gasteiger partial charge on any atom is 0.227 e. The first kappa shape index (κ1) is 16.9. The van der Waals surface area contributed by atoms with Crippen LogP contribution < -0.4 is 10.6 Å². The van der Waals surface area contributed by atoms with Crippen LogP contribution >= 0.6 is 11.3 Å². The summed E-state index contributed by atoms with van der Waals surface area (Å²) in [6, 6.07) is 10.7. The van der Waals surface area contributed by atoms with Crippen molar-refractivity contribution in [3.05, 3.63) is 40.9 Å². The molecule has 0 spiro atoms. The molecule has 128 valence electrons. The summed E-state index contributed by atoms with van der Waals surface area (Å²) >= 11 is 1.42. The molecule has 1 aliphatic carbocycles. The number of aromatic nitrogens is 2. The molecular formula is C18H24N4OS. The highest BCUT2D eigenvalue weighted by Crippen LogP contribution is 2.43. The lowest BCUT2D eigenvalue weighted by Gasteiger charge is -2.36. The van der Waals surface area contributed by atoms with E-state index < -0.39 is 0 Å². The fourth-order valence-electron chi connectivity index (χ4n) is 3.74. The minimum atomic E-state index is 0.0171. The van der Waals surface area contributed by atoms with Crippen molar-refractivity contribution in [3.63, 3.8) is 0 Å². The van der Waals surface area contributed by atoms with E-state index in [2.05, 4.69) is 52.0 Å². The largest absolute Gasteiger partial charge is 0.363 e. The summed E-state index contributed by atoms with van der Waals surface area (Å²) in [5, 5.41) is 15.7. The zero-order chi connectivity index (χ0) is 17.0. The lowest BCUT2D eigenvalue weighted by molar-refractivity contribution is -0.121. The third kappa shape index (κ3) is 3.43. The molecule has 3 rings (SSSR count). The molecule has 0 aliphatic heterocycles. The summed E-state index contributed by atoms with van der Waals surface area (Å²) < 4.78 is 0. The van der Waals surface area contributed by atoms with Gasteiger partial charge in [0, 0.05) is 18.5 Å². The summed E-state index contributed by atoms with van der Waals surface area (Å²) in [6.07, 6.45) is 4.98. The Hall–Kier alpha value is -1.95. The number of carbonyl (C=O) groups excluding carboxylic acids is 1. The fourth-order valence-corrected chi connectivity index (χ4v) is 4.43. The third-order valence-electron chi connectivity index (χ3n) is 5.04. The van der Waals surface area contributed by atoms with E-state index in [1.807, 2.05) is 6.07 Å². The Balaban J connectivity index is 1.69. The van der Waals surface area contributed by atoms with Gasteiger partial charge in [-0.2, -0.15) is 0 Å². The van der Waals surface area contributed by atoms with Crippen molar-refractivity contribution in [1.82, 2.24) is 15.5 Å². The van der Waals surface area contributed by atoms with Gasteiger partial charge in [0.15, 0.2) is 0 Å². The summed E-state index contributed by atoms with van der Waals surface area (Å²) in [4.78, 5) is 12.5. The average molecular weight is 344 g/mol. The molecule has 2 aromatic rings. The minimum absolute atomic E-state index is 0.0171. The Kier molecular flexibility index (Phi) is 5.14. The summed E-state index contributed by atoms with van der Waals surface area (Å²) in [6.45, 7) is 2.13. The van der Waals surface area contributed by atoms with Crippen LogP contribution in [0, 0.1) is 0 Å². The van der Waals surface area contributed by atoms with E-state index in [1.165, 1.54) is 29.7 Å². The maximum absolute atomic E-state index is 12.5. The number of anilines is 1. The molecule has 2 N–H and O–H groups in total. The second kappa shape index (κ2) is 7.30. The molecule has 24 heavy (non-hydrogen) atoms. The highest BCUT2D eigenvalue weighted by atomic mass is 32.1. The topological polar surface area (TPSA) is 66.9 Å². The molecule has 0 saturated heterocycles. The molecule has 1 aromatic carbocycles. The fraction of sp³-hybridized carbons (Fsp3) is 0.500. The van der Waals surface area contributed by atoms with E-state index in [4.69, 9.17) is 0 Å². The summed E-state index contributed by atoms with van der Waals surface area (Å²) in [5.74, 6) is 0.0171. The second-order valence-corrected chi connectivity index (χ2v) is 7.51. The van der Waals surface area contributed by atoms with Gasteiger partial charge in [-0.3, -0.25) is 4.79 Å². The van der Waals surface area contributed by atoms with Crippen LogP contribution in [0.3, 0.4) is 0 Å². The van der Waals surface area contributed by atoms with Crippen LogP contribution in [0.15, 0.2) is 30.3 Å². The van der Waals surface area contributed by atoms with Gasteiger partial charge in [-0.05, 0) is 25.3 Å². The molecule has 1 fully saturated rings. The SMILES string of the molecule is CNc1nnc(CC(=O)N[C@@H](C)C2(c3ccccc3)CCCC2)s1. The summed E-state index contributed by atoms with van der Waals surface area (Å²) in [5.41, 5.74) is 1.39. The van der Waals surface area contributed by atoms with Gasteiger partial charge >= 0.3 is 0 Å². The lowest BCUT2D eigenvalue weighted by Crippen LogP contribution is -2.47. The number of hydrogen-bond acceptors (Lipinski definition) is 5. The first-order valence-corrected chi connectivity index (χ1v) is 9.31. The normalized spacial score (nSPS) is 17.4. The number of nitrogens with zero attached hydrogens (tertiary/aromatic N) is 2. The molecule has 0 bridgehead atoms. The zero-order valence-corrected chi connectivity index (χ0v) is 15.0. The van der Waals surface area contributed by atoms with Crippen LogP contribution in [0.5, 0.6) is 0 Å². The van der Waals surface area contributed by atoms with Gasteiger partial charge < -0.3 is 10.6 Å². The number of rotatable bonds is 6. The van der Waals surface area contributed by atoms with Gasteiger partial charge in [0.25, 0.3) is 0 Å². The molecule has 0 radical (unpaired) electrons. The minimum Gasteiger partial charge on any atom is -0.363 e. The van der Waals surface area contributed by atoms with Crippen LogP contribution in [0.25, 0.3) is 0 Å². The van der Waals surface area contributed by atoms with Crippen LogP contribution in [-0.4, -0.2) is 29.2 Å². The molecular weight excluding hydrogens is 320 g/mol. The number of hydrogen-bond donors (Lipinski definition) is 2. The molecule has 6 heteroatoms. The van der Waals surface area contributed by atoms with Gasteiger partial charge in [0.2, 0.25) is 11.0 Å². The standard InChI is InChI=1S/C18H24N4OS/c1-13(20-15(23)12-16-21-22-17(19-2)24-16)18(10-6-7-11-18)14-8-4-3-5-9-14/h3-5,8-9,13H,6-7,10-12H2,1-2H3,(H,19,22)(H,20,23)/t13-/m0/s1. The van der Waals surface area contributed by atoms with Crippen molar-refractivity contribution in [2.24, 2.45) is 0 Å². The molecule has 1 aliphatic rings. The molecule has 1 heterocycles. The van der Waals surface area contributed by atoms with E-state index in [-0.39, 0.29) is 23.8 Å². The Bertz CT molecular complexity index is 679. The average Bonchev–Trinajstić information content (AvgIpc) is 3.25. The monoisotopic (exact) mass is 344 g/mol. The molecule has 1 aromatic heterocycles. The Morgan fingerprint density at radius 2 is 1.96 bits per heavy atom. The molecule has 1 atom stereocenters. The van der Waals surface area contributed by atoms with Crippen molar-refractivity contribution < 1.29 is 4.79 Å². The number of carbonyl (C=O) groups is 1. The smallest absolute Gasteiger partial charge is 0.227 e. The second-order valence-electron chi connectivity index (χ2n) is 6.45. The number of nitrogens with one attached hydrogen (secondary N) is 2. The molecule has 0 unspecified atom stereocenters. The van der Waals surface area contributed by atoms with E-state index >= 15 is 0 Å². The van der Waals surface area contributed by atoms with Gasteiger partial charge in [-0.25, -0.2) is 0 Å². The van der Waals surface area contributed by atoms with Crippen LogP contribution in [-0.2, 0) is 16.6 Å². The highest BCUT2D eigenvalue weighted by Gasteiger charge is 2.41. The van der Waals surface area contributed by atoms with E-state index in [1.54, 1.807) is 7.05 Å². The maximum atomic E-state index is 12.5. The molecule has 5 nitrogen and oxygen atoms in total. The van der Waals surface area contributed by atoms with Crippen molar-refractivity contribution >= 4 is 22.4 Å². The van der Waals surface area contributed by atoms with Crippen LogP contribution in [0.2, 0.25) is 0 Å². The van der Waals surface area contributed by atoms with Gasteiger partial charge in [-0.1, -0.05) is 54.5 Å². The predicted octanol–water partition coefficient (Wildman–Crippen LogP) is 3.14. The van der Waals surface area contributed by atoms with Crippen molar-refractivity contribution in [2.45, 2.75) is 50.5 Å². The Labute approximate surface area is 146 Å². The van der Waals surface area contributed by atoms with Gasteiger partial charge in [0.05, 0.1) is 6.42 Å². The zero-order valence-electron chi connectivity index (χ0n) is 14.2. The number of benzene rings is 1. The predicted molar refractivity (Wildman–Crippen MR) is 97.4 cm³/mol. The van der Waals surface area contributed by atoms with E-state index in [0.29, 0.717) is 0 Å². The molecule has 1 amide bonds. The first-order chi connectivity index (χ1) is 11.6. The van der Waals surface area contributed by atoms with E-state index in [9.17, 15) is 4.79 Å². The van der Waals surface area contributed by atoms with Crippen LogP contribution in [0.4, 0.5) is 5.13 Å². The Morgan fingerprint density at radius 3 is 2.58 bits per heavy atom. The molecule has 1 saturated carbocycles. The lowest BCUT2D eigenvalue weighted by atomic mass is 9.73. The van der Waals surface area contributed by atoms with E-state index in [0.717, 1.165) is 23.0 Å².